The zero-order chi connectivity index (χ0) is 24.8. The van der Waals surface area contributed by atoms with Crippen molar-refractivity contribution in [2.75, 3.05) is 11.9 Å². The van der Waals surface area contributed by atoms with Crippen LogP contribution in [0.15, 0.2) is 71.9 Å². The number of hydrogen-bond acceptors (Lipinski definition) is 6. The fraction of sp³-hybridized carbons (Fsp3) is 0.320. The zero-order valence-electron chi connectivity index (χ0n) is 19.6. The molecule has 34 heavy (non-hydrogen) atoms. The summed E-state index contributed by atoms with van der Waals surface area (Å²) in [5, 5.41) is 11.8. The maximum Gasteiger partial charge on any atom is 0.305 e. The molecule has 0 radical (unpaired) electrons. The normalized spacial score (nSPS) is 12.0. The van der Waals surface area contributed by atoms with Crippen LogP contribution >= 0.6 is 0 Å². The molecule has 3 aromatic rings. The number of nitrogens with one attached hydrogen (secondary N) is 1. The summed E-state index contributed by atoms with van der Waals surface area (Å²) in [4.78, 5) is 19.3. The number of rotatable bonds is 10. The molecule has 180 valence electrons. The van der Waals surface area contributed by atoms with Crippen molar-refractivity contribution in [3.8, 4) is 0 Å². The van der Waals surface area contributed by atoms with Gasteiger partial charge in [0.2, 0.25) is 10.0 Å². The number of carboxylic acids is 1. The number of carboxylic acid groups (broad SMARTS) is 1. The van der Waals surface area contributed by atoms with Crippen molar-refractivity contribution in [1.29, 1.82) is 0 Å². The van der Waals surface area contributed by atoms with E-state index in [1.807, 2.05) is 24.3 Å². The first kappa shape index (κ1) is 25.3. The van der Waals surface area contributed by atoms with Gasteiger partial charge in [0, 0.05) is 25.5 Å². The molecular formula is C25H30N4O4S. The van der Waals surface area contributed by atoms with Crippen LogP contribution in [0.2, 0.25) is 0 Å². The Hall–Kier alpha value is -3.30. The Balaban J connectivity index is 1.88. The molecule has 9 heteroatoms. The van der Waals surface area contributed by atoms with Crippen LogP contribution in [-0.4, -0.2) is 40.3 Å². The van der Waals surface area contributed by atoms with E-state index in [0.717, 1.165) is 5.56 Å². The fourth-order valence-corrected chi connectivity index (χ4v) is 4.70. The average molecular weight is 483 g/mol. The van der Waals surface area contributed by atoms with Crippen molar-refractivity contribution in [2.45, 2.75) is 50.6 Å². The fourth-order valence-electron chi connectivity index (χ4n) is 3.33. The number of carbonyl (C=O) groups is 1. The molecule has 0 fully saturated rings. The molecule has 0 unspecified atom stereocenters. The molecule has 0 bridgehead atoms. The quantitative estimate of drug-likeness (QED) is 0.448. The summed E-state index contributed by atoms with van der Waals surface area (Å²) >= 11 is 0. The van der Waals surface area contributed by atoms with Crippen molar-refractivity contribution < 1.29 is 18.3 Å². The van der Waals surface area contributed by atoms with Crippen LogP contribution in [0.1, 0.15) is 44.0 Å². The lowest BCUT2D eigenvalue weighted by Crippen LogP contribution is -2.31. The first-order valence-corrected chi connectivity index (χ1v) is 12.4. The molecule has 0 saturated carbocycles. The van der Waals surface area contributed by atoms with Gasteiger partial charge in [-0.25, -0.2) is 13.4 Å². The topological polar surface area (TPSA) is 112 Å². The number of aliphatic carboxylic acids is 1. The number of nitrogens with zero attached hydrogens (tertiary/aromatic N) is 3. The molecule has 2 aromatic heterocycles. The second-order valence-electron chi connectivity index (χ2n) is 8.99. The first-order chi connectivity index (χ1) is 16.1. The smallest absolute Gasteiger partial charge is 0.305 e. The summed E-state index contributed by atoms with van der Waals surface area (Å²) in [7, 11) is -3.84. The molecular weight excluding hydrogens is 452 g/mol. The van der Waals surface area contributed by atoms with Gasteiger partial charge >= 0.3 is 5.97 Å². The third-order valence-electron chi connectivity index (χ3n) is 5.24. The first-order valence-electron chi connectivity index (χ1n) is 11.0. The third-order valence-corrected chi connectivity index (χ3v) is 7.02. The SMILES string of the molecule is CC(C)(C)c1ccc(CN(Cc2cccc(NCCC(=O)O)n2)S(=O)(=O)c2cccnc2)cc1. The Bertz CT molecular complexity index is 1210. The van der Waals surface area contributed by atoms with Crippen molar-refractivity contribution in [2.24, 2.45) is 0 Å². The Morgan fingerprint density at radius 1 is 1.03 bits per heavy atom. The summed E-state index contributed by atoms with van der Waals surface area (Å²) < 4.78 is 28.3. The summed E-state index contributed by atoms with van der Waals surface area (Å²) in [6.45, 7) is 6.83. The molecule has 0 atom stereocenters. The van der Waals surface area contributed by atoms with E-state index in [1.165, 1.54) is 28.3 Å². The van der Waals surface area contributed by atoms with Crippen molar-refractivity contribution in [3.63, 3.8) is 0 Å². The van der Waals surface area contributed by atoms with Gasteiger partial charge in [0.25, 0.3) is 0 Å². The van der Waals surface area contributed by atoms with Gasteiger partial charge < -0.3 is 10.4 Å². The second kappa shape index (κ2) is 10.8. The maximum absolute atomic E-state index is 13.5. The van der Waals surface area contributed by atoms with E-state index in [1.54, 1.807) is 24.3 Å². The largest absolute Gasteiger partial charge is 0.481 e. The van der Waals surface area contributed by atoms with Crippen LogP contribution < -0.4 is 5.32 Å². The highest BCUT2D eigenvalue weighted by molar-refractivity contribution is 7.89. The molecule has 2 N–H and O–H groups in total. The van der Waals surface area contributed by atoms with Gasteiger partial charge in [0.15, 0.2) is 0 Å². The van der Waals surface area contributed by atoms with Crippen LogP contribution in [0.5, 0.6) is 0 Å². The lowest BCUT2D eigenvalue weighted by molar-refractivity contribution is -0.136. The molecule has 0 aliphatic carbocycles. The lowest BCUT2D eigenvalue weighted by atomic mass is 9.87. The molecule has 8 nitrogen and oxygen atoms in total. The van der Waals surface area contributed by atoms with Gasteiger partial charge in [-0.3, -0.25) is 9.78 Å². The number of sulfonamides is 1. The van der Waals surface area contributed by atoms with E-state index in [2.05, 4.69) is 36.1 Å². The van der Waals surface area contributed by atoms with Crippen molar-refractivity contribution in [1.82, 2.24) is 14.3 Å². The highest BCUT2D eigenvalue weighted by atomic mass is 32.2. The van der Waals surface area contributed by atoms with E-state index in [4.69, 9.17) is 5.11 Å². The maximum atomic E-state index is 13.5. The van der Waals surface area contributed by atoms with E-state index in [0.29, 0.717) is 11.5 Å². The Morgan fingerprint density at radius 2 is 1.76 bits per heavy atom. The summed E-state index contributed by atoms with van der Waals surface area (Å²) in [5.41, 5.74) is 2.56. The molecule has 0 spiro atoms. The molecule has 1 aromatic carbocycles. The van der Waals surface area contributed by atoms with Gasteiger partial charge in [-0.15, -0.1) is 0 Å². The highest BCUT2D eigenvalue weighted by Gasteiger charge is 2.26. The van der Waals surface area contributed by atoms with Gasteiger partial charge in [0.1, 0.15) is 10.7 Å². The van der Waals surface area contributed by atoms with Crippen LogP contribution in [0.4, 0.5) is 5.82 Å². The minimum Gasteiger partial charge on any atom is -0.481 e. The number of benzene rings is 1. The molecule has 0 saturated heterocycles. The Labute approximate surface area is 200 Å². The van der Waals surface area contributed by atoms with Crippen LogP contribution in [0.3, 0.4) is 0 Å². The number of hydrogen-bond donors (Lipinski definition) is 2. The van der Waals surface area contributed by atoms with Gasteiger partial charge in [0.05, 0.1) is 18.7 Å². The predicted molar refractivity (Wildman–Crippen MR) is 131 cm³/mol. The van der Waals surface area contributed by atoms with Gasteiger partial charge in [-0.1, -0.05) is 51.1 Å². The average Bonchev–Trinajstić information content (AvgIpc) is 2.79. The third kappa shape index (κ3) is 6.85. The van der Waals surface area contributed by atoms with E-state index >= 15 is 0 Å². The molecule has 2 heterocycles. The Morgan fingerprint density at radius 3 is 2.38 bits per heavy atom. The number of anilines is 1. The number of pyridine rings is 2. The van der Waals surface area contributed by atoms with E-state index in [9.17, 15) is 13.2 Å². The zero-order valence-corrected chi connectivity index (χ0v) is 20.4. The summed E-state index contributed by atoms with van der Waals surface area (Å²) in [6.07, 6.45) is 2.82. The van der Waals surface area contributed by atoms with Crippen LogP contribution in [-0.2, 0) is 33.3 Å². The van der Waals surface area contributed by atoms with Crippen molar-refractivity contribution in [3.05, 3.63) is 83.8 Å². The van der Waals surface area contributed by atoms with Gasteiger partial charge in [-0.2, -0.15) is 4.31 Å². The monoisotopic (exact) mass is 482 g/mol. The lowest BCUT2D eigenvalue weighted by Gasteiger charge is -2.23. The van der Waals surface area contributed by atoms with E-state index in [-0.39, 0.29) is 36.4 Å². The minimum absolute atomic E-state index is 0.00198. The van der Waals surface area contributed by atoms with Crippen LogP contribution in [0, 0.1) is 0 Å². The van der Waals surface area contributed by atoms with Crippen molar-refractivity contribution >= 4 is 21.8 Å². The van der Waals surface area contributed by atoms with Gasteiger partial charge in [-0.05, 0) is 40.8 Å². The molecule has 0 aliphatic heterocycles. The van der Waals surface area contributed by atoms with E-state index < -0.39 is 16.0 Å². The minimum atomic E-state index is -3.84. The highest BCUT2D eigenvalue weighted by Crippen LogP contribution is 2.24. The molecule has 0 aliphatic rings. The predicted octanol–water partition coefficient (Wildman–Crippen LogP) is 4.05. The summed E-state index contributed by atoms with van der Waals surface area (Å²) in [5.74, 6) is -0.415. The summed E-state index contributed by atoms with van der Waals surface area (Å²) in [6, 6.07) is 16.3. The number of aromatic nitrogens is 2. The second-order valence-corrected chi connectivity index (χ2v) is 10.9. The standard InChI is InChI=1S/C25H30N4O4S/c1-25(2,3)20-11-9-19(10-12-20)17-29(34(32,33)22-7-5-14-26-16-22)18-21-6-4-8-23(28-21)27-15-13-24(30)31/h4-12,14,16H,13,15,17-18H2,1-3H3,(H,27,28)(H,30,31). The molecule has 3 rings (SSSR count). The van der Waals surface area contributed by atoms with Crippen LogP contribution in [0.25, 0.3) is 0 Å². The molecule has 0 amide bonds. The Kier molecular flexibility index (Phi) is 8.01.